The number of hydrogen-bond acceptors (Lipinski definition) is 3. The van der Waals surface area contributed by atoms with Gasteiger partial charge in [0.15, 0.2) is 0 Å². The predicted octanol–water partition coefficient (Wildman–Crippen LogP) is 2.43. The van der Waals surface area contributed by atoms with Gasteiger partial charge in [-0.15, -0.1) is 0 Å². The van der Waals surface area contributed by atoms with Gasteiger partial charge >= 0.3 is 6.09 Å². The maximum Gasteiger partial charge on any atom is 0.410 e. The van der Waals surface area contributed by atoms with Crippen LogP contribution in [0.4, 0.5) is 4.79 Å². The molecule has 0 saturated carbocycles. The summed E-state index contributed by atoms with van der Waals surface area (Å²) in [6, 6.07) is 9.55. The summed E-state index contributed by atoms with van der Waals surface area (Å²) in [6.45, 7) is 3.04. The normalized spacial score (nSPS) is 14.2. The molecule has 0 atom stereocenters. The van der Waals surface area contributed by atoms with E-state index in [4.69, 9.17) is 4.74 Å². The Morgan fingerprint density at radius 3 is 2.45 bits per heavy atom. The highest BCUT2D eigenvalue weighted by Gasteiger charge is 2.30. The Balaban J connectivity index is 1.95. The van der Waals surface area contributed by atoms with Gasteiger partial charge < -0.3 is 9.64 Å². The SMILES string of the molecule is CCC1=C(C(=O)N(C)C)CN(C(=O)OCc2ccccc2)C1. The lowest BCUT2D eigenvalue weighted by Gasteiger charge is -2.17. The van der Waals surface area contributed by atoms with E-state index < -0.39 is 0 Å². The van der Waals surface area contributed by atoms with Gasteiger partial charge in [0.25, 0.3) is 5.91 Å². The van der Waals surface area contributed by atoms with Crippen LogP contribution in [0.25, 0.3) is 0 Å². The molecule has 1 aromatic rings. The van der Waals surface area contributed by atoms with Crippen LogP contribution in [0.3, 0.4) is 0 Å². The second-order valence-corrected chi connectivity index (χ2v) is 5.53. The summed E-state index contributed by atoms with van der Waals surface area (Å²) in [5.74, 6) is -0.0322. The number of benzene rings is 1. The Morgan fingerprint density at radius 2 is 1.86 bits per heavy atom. The Kier molecular flexibility index (Phi) is 5.20. The third-order valence-corrected chi connectivity index (χ3v) is 3.71. The summed E-state index contributed by atoms with van der Waals surface area (Å²) in [7, 11) is 3.44. The second-order valence-electron chi connectivity index (χ2n) is 5.53. The molecule has 5 nitrogen and oxygen atoms in total. The number of carbonyl (C=O) groups excluding carboxylic acids is 2. The first-order valence-corrected chi connectivity index (χ1v) is 7.41. The van der Waals surface area contributed by atoms with Crippen LogP contribution in [0.15, 0.2) is 41.5 Å². The van der Waals surface area contributed by atoms with Gasteiger partial charge in [-0.25, -0.2) is 4.79 Å². The molecule has 0 aromatic heterocycles. The Bertz CT molecular complexity index is 579. The molecule has 0 saturated heterocycles. The van der Waals surface area contributed by atoms with Crippen LogP contribution in [-0.4, -0.2) is 49.0 Å². The van der Waals surface area contributed by atoms with E-state index in [-0.39, 0.29) is 18.6 Å². The number of amides is 2. The average molecular weight is 302 g/mol. The highest BCUT2D eigenvalue weighted by molar-refractivity contribution is 5.95. The standard InChI is InChI=1S/C17H22N2O3/c1-4-14-10-19(11-15(14)16(20)18(2)3)17(21)22-12-13-8-6-5-7-9-13/h5-9H,4,10-12H2,1-3H3. The molecule has 0 spiro atoms. The van der Waals surface area contributed by atoms with Gasteiger partial charge in [0.05, 0.1) is 6.54 Å². The number of rotatable bonds is 4. The highest BCUT2D eigenvalue weighted by Crippen LogP contribution is 2.22. The van der Waals surface area contributed by atoms with Crippen molar-refractivity contribution in [3.8, 4) is 0 Å². The van der Waals surface area contributed by atoms with Crippen molar-refractivity contribution in [1.29, 1.82) is 0 Å². The molecule has 1 aliphatic rings. The zero-order valence-electron chi connectivity index (χ0n) is 13.3. The molecule has 5 heteroatoms. The van der Waals surface area contributed by atoms with E-state index in [0.717, 1.165) is 17.6 Å². The Labute approximate surface area is 131 Å². The number of nitrogens with zero attached hydrogens (tertiary/aromatic N) is 2. The first-order chi connectivity index (χ1) is 10.5. The topological polar surface area (TPSA) is 49.9 Å². The summed E-state index contributed by atoms with van der Waals surface area (Å²) in [6.07, 6.45) is 0.383. The summed E-state index contributed by atoms with van der Waals surface area (Å²) >= 11 is 0. The summed E-state index contributed by atoms with van der Waals surface area (Å²) < 4.78 is 5.33. The van der Waals surface area contributed by atoms with Crippen LogP contribution in [0.2, 0.25) is 0 Å². The Morgan fingerprint density at radius 1 is 1.18 bits per heavy atom. The molecule has 22 heavy (non-hydrogen) atoms. The van der Waals surface area contributed by atoms with E-state index in [0.29, 0.717) is 18.7 Å². The van der Waals surface area contributed by atoms with Crippen molar-refractivity contribution in [1.82, 2.24) is 9.80 Å². The minimum Gasteiger partial charge on any atom is -0.445 e. The molecule has 0 aliphatic carbocycles. The van der Waals surface area contributed by atoms with E-state index in [1.165, 1.54) is 0 Å². The minimum absolute atomic E-state index is 0.0322. The average Bonchev–Trinajstić information content (AvgIpc) is 2.97. The molecule has 2 amide bonds. The highest BCUT2D eigenvalue weighted by atomic mass is 16.6. The van der Waals surface area contributed by atoms with Gasteiger partial charge in [-0.05, 0) is 17.6 Å². The molecule has 0 bridgehead atoms. The Hall–Kier alpha value is -2.30. The van der Waals surface area contributed by atoms with Gasteiger partial charge in [-0.1, -0.05) is 37.3 Å². The fourth-order valence-corrected chi connectivity index (χ4v) is 2.44. The maximum atomic E-state index is 12.2. The third kappa shape index (κ3) is 3.67. The monoisotopic (exact) mass is 302 g/mol. The van der Waals surface area contributed by atoms with Crippen LogP contribution in [-0.2, 0) is 16.1 Å². The van der Waals surface area contributed by atoms with E-state index in [1.807, 2.05) is 37.3 Å². The summed E-state index contributed by atoms with van der Waals surface area (Å²) in [5.41, 5.74) is 2.67. The van der Waals surface area contributed by atoms with E-state index in [1.54, 1.807) is 23.9 Å². The lowest BCUT2D eigenvalue weighted by molar-refractivity contribution is -0.124. The first kappa shape index (κ1) is 16.1. The number of ether oxygens (including phenoxy) is 1. The molecule has 1 heterocycles. The van der Waals surface area contributed by atoms with Gasteiger partial charge in [0.1, 0.15) is 6.61 Å². The van der Waals surface area contributed by atoms with Crippen LogP contribution >= 0.6 is 0 Å². The lowest BCUT2D eigenvalue weighted by atomic mass is 10.1. The van der Waals surface area contributed by atoms with Crippen molar-refractivity contribution in [3.05, 3.63) is 47.0 Å². The van der Waals surface area contributed by atoms with E-state index in [2.05, 4.69) is 0 Å². The van der Waals surface area contributed by atoms with Gasteiger partial charge in [-0.2, -0.15) is 0 Å². The first-order valence-electron chi connectivity index (χ1n) is 7.41. The minimum atomic E-state index is -0.378. The maximum absolute atomic E-state index is 12.2. The number of hydrogen-bond donors (Lipinski definition) is 0. The molecule has 0 N–H and O–H groups in total. The number of carbonyl (C=O) groups is 2. The molecule has 0 fully saturated rings. The van der Waals surface area contributed by atoms with Crippen LogP contribution in [0, 0.1) is 0 Å². The molecular formula is C17H22N2O3. The fourth-order valence-electron chi connectivity index (χ4n) is 2.44. The van der Waals surface area contributed by atoms with Crippen molar-refractivity contribution in [2.24, 2.45) is 0 Å². The molecule has 118 valence electrons. The van der Waals surface area contributed by atoms with Crippen LogP contribution in [0.1, 0.15) is 18.9 Å². The lowest BCUT2D eigenvalue weighted by Crippen LogP contribution is -2.32. The molecule has 1 aromatic carbocycles. The van der Waals surface area contributed by atoms with Crippen molar-refractivity contribution < 1.29 is 14.3 Å². The zero-order chi connectivity index (χ0) is 16.1. The van der Waals surface area contributed by atoms with Gasteiger partial charge in [-0.3, -0.25) is 9.69 Å². The fraction of sp³-hybridized carbons (Fsp3) is 0.412. The van der Waals surface area contributed by atoms with Crippen molar-refractivity contribution in [2.45, 2.75) is 20.0 Å². The van der Waals surface area contributed by atoms with Crippen LogP contribution in [0.5, 0.6) is 0 Å². The predicted molar refractivity (Wildman–Crippen MR) is 84.2 cm³/mol. The van der Waals surface area contributed by atoms with Crippen LogP contribution < -0.4 is 0 Å². The molecule has 0 unspecified atom stereocenters. The number of likely N-dealkylation sites (N-methyl/N-ethyl adjacent to an activating group) is 1. The molecular weight excluding hydrogens is 280 g/mol. The quantitative estimate of drug-likeness (QED) is 0.858. The molecule has 1 aliphatic heterocycles. The van der Waals surface area contributed by atoms with Crippen molar-refractivity contribution in [2.75, 3.05) is 27.2 Å². The van der Waals surface area contributed by atoms with Gasteiger partial charge in [0.2, 0.25) is 0 Å². The second kappa shape index (κ2) is 7.11. The van der Waals surface area contributed by atoms with E-state index in [9.17, 15) is 9.59 Å². The third-order valence-electron chi connectivity index (χ3n) is 3.71. The molecule has 2 rings (SSSR count). The van der Waals surface area contributed by atoms with Crippen molar-refractivity contribution in [3.63, 3.8) is 0 Å². The smallest absolute Gasteiger partial charge is 0.410 e. The molecule has 0 radical (unpaired) electrons. The van der Waals surface area contributed by atoms with Gasteiger partial charge in [0, 0.05) is 26.2 Å². The summed E-state index contributed by atoms with van der Waals surface area (Å²) in [5, 5.41) is 0. The van der Waals surface area contributed by atoms with E-state index >= 15 is 0 Å². The summed E-state index contributed by atoms with van der Waals surface area (Å²) in [4.78, 5) is 27.4. The largest absolute Gasteiger partial charge is 0.445 e. The van der Waals surface area contributed by atoms with Crippen molar-refractivity contribution >= 4 is 12.0 Å². The zero-order valence-corrected chi connectivity index (χ0v) is 13.3.